The first-order valence-electron chi connectivity index (χ1n) is 6.52. The lowest BCUT2D eigenvalue weighted by molar-refractivity contribution is 0.137. The number of nitrogens with zero attached hydrogens (tertiary/aromatic N) is 1. The molecule has 90 valence electrons. The first-order valence-corrected chi connectivity index (χ1v) is 7.05. The van der Waals surface area contributed by atoms with Gasteiger partial charge in [0.15, 0.2) is 0 Å². The Morgan fingerprint density at radius 2 is 1.87 bits per heavy atom. The molecule has 15 heavy (non-hydrogen) atoms. The smallest absolute Gasteiger partial charge is 0.0223 e. The molecule has 2 unspecified atom stereocenters. The quantitative estimate of drug-likeness (QED) is 0.495. The van der Waals surface area contributed by atoms with Crippen LogP contribution in [0.4, 0.5) is 0 Å². The average molecular weight is 232 g/mol. The molecular formula is C13H26ClN. The Balaban J connectivity index is 2.16. The molecule has 0 aromatic heterocycles. The van der Waals surface area contributed by atoms with Crippen LogP contribution in [-0.4, -0.2) is 30.4 Å². The maximum absolute atomic E-state index is 5.68. The zero-order valence-electron chi connectivity index (χ0n) is 10.3. The standard InChI is InChI=1S/C13H26ClN/c1-12-8-4-5-9-13(12)15(2)11-7-3-6-10-14/h12-13H,3-11H2,1-2H3. The molecule has 1 aliphatic rings. The summed E-state index contributed by atoms with van der Waals surface area (Å²) in [7, 11) is 2.30. The van der Waals surface area contributed by atoms with Gasteiger partial charge in [-0.25, -0.2) is 0 Å². The Morgan fingerprint density at radius 1 is 1.13 bits per heavy atom. The zero-order valence-corrected chi connectivity index (χ0v) is 11.1. The van der Waals surface area contributed by atoms with E-state index in [0.29, 0.717) is 0 Å². The summed E-state index contributed by atoms with van der Waals surface area (Å²) in [5, 5.41) is 0. The molecule has 2 heteroatoms. The minimum Gasteiger partial charge on any atom is -0.303 e. The van der Waals surface area contributed by atoms with Gasteiger partial charge in [-0.3, -0.25) is 0 Å². The van der Waals surface area contributed by atoms with Gasteiger partial charge in [0, 0.05) is 11.9 Å². The molecule has 1 fully saturated rings. The molecule has 2 atom stereocenters. The van der Waals surface area contributed by atoms with Crippen LogP contribution >= 0.6 is 11.6 Å². The van der Waals surface area contributed by atoms with Gasteiger partial charge in [-0.1, -0.05) is 26.2 Å². The molecule has 1 saturated carbocycles. The summed E-state index contributed by atoms with van der Waals surface area (Å²) in [6.45, 7) is 3.67. The van der Waals surface area contributed by atoms with E-state index in [0.717, 1.165) is 17.8 Å². The Kier molecular flexibility index (Phi) is 6.67. The summed E-state index contributed by atoms with van der Waals surface area (Å²) in [5.74, 6) is 1.72. The highest BCUT2D eigenvalue weighted by Gasteiger charge is 2.24. The molecule has 0 N–H and O–H groups in total. The molecule has 0 aliphatic heterocycles. The third kappa shape index (κ3) is 4.74. The molecule has 0 bridgehead atoms. The molecule has 0 aromatic carbocycles. The van der Waals surface area contributed by atoms with Crippen molar-refractivity contribution in [3.05, 3.63) is 0 Å². The number of unbranched alkanes of at least 4 members (excludes halogenated alkanes) is 2. The number of hydrogen-bond acceptors (Lipinski definition) is 1. The van der Waals surface area contributed by atoms with Gasteiger partial charge in [-0.15, -0.1) is 11.6 Å². The summed E-state index contributed by atoms with van der Waals surface area (Å²) in [6.07, 6.45) is 9.49. The SMILES string of the molecule is CC1CCCCC1N(C)CCCCCCl. The lowest BCUT2D eigenvalue weighted by Gasteiger charge is -2.36. The van der Waals surface area contributed by atoms with Crippen molar-refractivity contribution in [1.29, 1.82) is 0 Å². The van der Waals surface area contributed by atoms with Crippen LogP contribution in [0.3, 0.4) is 0 Å². The molecule has 0 radical (unpaired) electrons. The van der Waals surface area contributed by atoms with Gasteiger partial charge in [0.25, 0.3) is 0 Å². The minimum atomic E-state index is 0.823. The van der Waals surface area contributed by atoms with E-state index in [-0.39, 0.29) is 0 Å². The van der Waals surface area contributed by atoms with Crippen LogP contribution in [0.15, 0.2) is 0 Å². The van der Waals surface area contributed by atoms with Gasteiger partial charge in [-0.2, -0.15) is 0 Å². The molecule has 0 aromatic rings. The lowest BCUT2D eigenvalue weighted by atomic mass is 9.85. The Hall–Kier alpha value is 0.250. The summed E-state index contributed by atoms with van der Waals surface area (Å²) in [6, 6.07) is 0.842. The van der Waals surface area contributed by atoms with Gasteiger partial charge in [0.2, 0.25) is 0 Å². The molecular weight excluding hydrogens is 206 g/mol. The highest BCUT2D eigenvalue weighted by atomic mass is 35.5. The third-order valence-corrected chi connectivity index (χ3v) is 4.04. The van der Waals surface area contributed by atoms with Gasteiger partial charge < -0.3 is 4.90 Å². The van der Waals surface area contributed by atoms with Crippen LogP contribution in [-0.2, 0) is 0 Å². The Morgan fingerprint density at radius 3 is 2.53 bits per heavy atom. The van der Waals surface area contributed by atoms with Crippen molar-refractivity contribution in [3.63, 3.8) is 0 Å². The summed E-state index contributed by atoms with van der Waals surface area (Å²) < 4.78 is 0. The first-order chi connectivity index (χ1) is 7.25. The van der Waals surface area contributed by atoms with Gasteiger partial charge >= 0.3 is 0 Å². The fourth-order valence-electron chi connectivity index (χ4n) is 2.75. The van der Waals surface area contributed by atoms with Crippen LogP contribution in [0.5, 0.6) is 0 Å². The van der Waals surface area contributed by atoms with Gasteiger partial charge in [-0.05, 0) is 45.2 Å². The number of halogens is 1. The first kappa shape index (κ1) is 13.3. The fourth-order valence-corrected chi connectivity index (χ4v) is 2.94. The molecule has 0 saturated heterocycles. The second-order valence-electron chi connectivity index (χ2n) is 5.06. The zero-order chi connectivity index (χ0) is 11.1. The van der Waals surface area contributed by atoms with Crippen LogP contribution in [0.2, 0.25) is 0 Å². The van der Waals surface area contributed by atoms with Crippen LogP contribution in [0, 0.1) is 5.92 Å². The predicted molar refractivity (Wildman–Crippen MR) is 68.6 cm³/mol. The van der Waals surface area contributed by atoms with Crippen LogP contribution in [0.1, 0.15) is 51.9 Å². The highest BCUT2D eigenvalue weighted by molar-refractivity contribution is 6.17. The average Bonchev–Trinajstić information content (AvgIpc) is 2.25. The van der Waals surface area contributed by atoms with Crippen LogP contribution < -0.4 is 0 Å². The van der Waals surface area contributed by atoms with E-state index >= 15 is 0 Å². The second-order valence-corrected chi connectivity index (χ2v) is 5.44. The molecule has 0 spiro atoms. The van der Waals surface area contributed by atoms with Crippen molar-refractivity contribution in [1.82, 2.24) is 4.90 Å². The molecule has 0 amide bonds. The van der Waals surface area contributed by atoms with Crippen LogP contribution in [0.25, 0.3) is 0 Å². The number of alkyl halides is 1. The molecule has 1 rings (SSSR count). The van der Waals surface area contributed by atoms with E-state index in [4.69, 9.17) is 11.6 Å². The maximum Gasteiger partial charge on any atom is 0.0223 e. The molecule has 1 aliphatic carbocycles. The van der Waals surface area contributed by atoms with Crippen molar-refractivity contribution >= 4 is 11.6 Å². The van der Waals surface area contributed by atoms with Crippen molar-refractivity contribution < 1.29 is 0 Å². The van der Waals surface area contributed by atoms with Crippen molar-refractivity contribution in [3.8, 4) is 0 Å². The van der Waals surface area contributed by atoms with E-state index in [1.165, 1.54) is 51.5 Å². The van der Waals surface area contributed by atoms with Crippen molar-refractivity contribution in [2.45, 2.75) is 57.9 Å². The molecule has 0 heterocycles. The fraction of sp³-hybridized carbons (Fsp3) is 1.00. The summed E-state index contributed by atoms with van der Waals surface area (Å²) in [5.41, 5.74) is 0. The van der Waals surface area contributed by atoms with E-state index in [9.17, 15) is 0 Å². The Labute approximate surface area is 100 Å². The van der Waals surface area contributed by atoms with Gasteiger partial charge in [0.05, 0.1) is 0 Å². The summed E-state index contributed by atoms with van der Waals surface area (Å²) in [4.78, 5) is 2.58. The van der Waals surface area contributed by atoms with E-state index in [1.807, 2.05) is 0 Å². The molecule has 1 nitrogen and oxygen atoms in total. The van der Waals surface area contributed by atoms with E-state index in [2.05, 4.69) is 18.9 Å². The number of hydrogen-bond donors (Lipinski definition) is 0. The minimum absolute atomic E-state index is 0.823. The lowest BCUT2D eigenvalue weighted by Crippen LogP contribution is -2.39. The van der Waals surface area contributed by atoms with Gasteiger partial charge in [0.1, 0.15) is 0 Å². The van der Waals surface area contributed by atoms with Crippen molar-refractivity contribution in [2.75, 3.05) is 19.5 Å². The predicted octanol–water partition coefficient (Wildman–Crippen LogP) is 3.91. The topological polar surface area (TPSA) is 3.24 Å². The normalized spacial score (nSPS) is 27.2. The highest BCUT2D eigenvalue weighted by Crippen LogP contribution is 2.27. The summed E-state index contributed by atoms with van der Waals surface area (Å²) >= 11 is 5.68. The third-order valence-electron chi connectivity index (χ3n) is 3.78. The Bertz CT molecular complexity index is 161. The second kappa shape index (κ2) is 7.51. The largest absolute Gasteiger partial charge is 0.303 e. The number of rotatable bonds is 6. The monoisotopic (exact) mass is 231 g/mol. The van der Waals surface area contributed by atoms with E-state index < -0.39 is 0 Å². The maximum atomic E-state index is 5.68. The van der Waals surface area contributed by atoms with E-state index in [1.54, 1.807) is 0 Å². The van der Waals surface area contributed by atoms with Crippen molar-refractivity contribution in [2.24, 2.45) is 5.92 Å².